The summed E-state index contributed by atoms with van der Waals surface area (Å²) < 4.78 is 5.96. The Bertz CT molecular complexity index is 394. The molecule has 1 heterocycles. The molecule has 1 aliphatic rings. The van der Waals surface area contributed by atoms with Crippen molar-refractivity contribution in [1.82, 2.24) is 0 Å². The van der Waals surface area contributed by atoms with E-state index >= 15 is 0 Å². The van der Waals surface area contributed by atoms with Crippen molar-refractivity contribution in [2.24, 2.45) is 0 Å². The van der Waals surface area contributed by atoms with E-state index in [1.807, 2.05) is 58.9 Å². The Morgan fingerprint density at radius 3 is 2.14 bits per heavy atom. The molecular formula is C20H32O. The first-order chi connectivity index (χ1) is 10.3. The molecule has 0 spiro atoms. The van der Waals surface area contributed by atoms with Gasteiger partial charge in [0.2, 0.25) is 0 Å². The second kappa shape index (κ2) is 14.6. The summed E-state index contributed by atoms with van der Waals surface area (Å²) in [6, 6.07) is 0. The molecule has 21 heavy (non-hydrogen) atoms. The Kier molecular flexibility index (Phi) is 15.0. The average Bonchev–Trinajstić information content (AvgIpc) is 2.57. The summed E-state index contributed by atoms with van der Waals surface area (Å²) >= 11 is 0. The maximum atomic E-state index is 5.96. The maximum Gasteiger partial charge on any atom is 0.124 e. The molecule has 0 amide bonds. The summed E-state index contributed by atoms with van der Waals surface area (Å²) in [6.07, 6.45) is 13.4. The summed E-state index contributed by atoms with van der Waals surface area (Å²) in [7, 11) is 0. The lowest BCUT2D eigenvalue weighted by atomic mass is 9.96. The summed E-state index contributed by atoms with van der Waals surface area (Å²) in [4.78, 5) is 0. The second-order valence-electron chi connectivity index (χ2n) is 3.83. The average molecular weight is 288 g/mol. The minimum absolute atomic E-state index is 0.0821. The van der Waals surface area contributed by atoms with Crippen LogP contribution >= 0.6 is 0 Å². The van der Waals surface area contributed by atoms with Gasteiger partial charge in [-0.2, -0.15) is 0 Å². The molecule has 0 aromatic carbocycles. The largest absolute Gasteiger partial charge is 0.486 e. The Morgan fingerprint density at radius 1 is 1.10 bits per heavy atom. The Balaban J connectivity index is 0. The number of ether oxygens (including phenoxy) is 1. The van der Waals surface area contributed by atoms with Gasteiger partial charge in [0.25, 0.3) is 0 Å². The van der Waals surface area contributed by atoms with Gasteiger partial charge in [0.15, 0.2) is 0 Å². The van der Waals surface area contributed by atoms with Crippen LogP contribution in [-0.4, -0.2) is 6.10 Å². The molecule has 0 radical (unpaired) electrons. The first-order valence-corrected chi connectivity index (χ1v) is 7.86. The van der Waals surface area contributed by atoms with E-state index in [0.29, 0.717) is 0 Å². The zero-order valence-electron chi connectivity index (χ0n) is 14.5. The van der Waals surface area contributed by atoms with Crippen molar-refractivity contribution in [2.45, 2.75) is 53.6 Å². The van der Waals surface area contributed by atoms with Crippen LogP contribution in [0, 0.1) is 0 Å². The second-order valence-corrected chi connectivity index (χ2v) is 3.83. The molecule has 0 aliphatic carbocycles. The van der Waals surface area contributed by atoms with Gasteiger partial charge >= 0.3 is 0 Å². The molecule has 1 nitrogen and oxygen atoms in total. The van der Waals surface area contributed by atoms with Crippen LogP contribution in [0.2, 0.25) is 0 Å². The van der Waals surface area contributed by atoms with Crippen LogP contribution in [0.15, 0.2) is 73.1 Å². The molecule has 0 bridgehead atoms. The highest BCUT2D eigenvalue weighted by Gasteiger charge is 2.22. The fourth-order valence-corrected chi connectivity index (χ4v) is 1.94. The molecule has 0 aromatic rings. The Morgan fingerprint density at radius 2 is 1.71 bits per heavy atom. The highest BCUT2D eigenvalue weighted by molar-refractivity contribution is 5.34. The van der Waals surface area contributed by atoms with E-state index in [9.17, 15) is 0 Å². The predicted octanol–water partition coefficient (Wildman–Crippen LogP) is 6.53. The minimum atomic E-state index is 0.0821. The van der Waals surface area contributed by atoms with E-state index in [0.717, 1.165) is 24.2 Å². The summed E-state index contributed by atoms with van der Waals surface area (Å²) in [5, 5.41) is 0. The van der Waals surface area contributed by atoms with Crippen molar-refractivity contribution < 1.29 is 4.74 Å². The van der Waals surface area contributed by atoms with Gasteiger partial charge in [-0.25, -0.2) is 0 Å². The molecule has 1 rings (SSSR count). The smallest absolute Gasteiger partial charge is 0.124 e. The molecule has 0 N–H and O–H groups in total. The number of rotatable bonds is 4. The zero-order valence-corrected chi connectivity index (χ0v) is 14.5. The maximum absolute atomic E-state index is 5.96. The normalized spacial score (nSPS) is 21.2. The van der Waals surface area contributed by atoms with Gasteiger partial charge in [0, 0.05) is 0 Å². The molecule has 1 unspecified atom stereocenters. The number of hydrogen-bond donors (Lipinski definition) is 0. The summed E-state index contributed by atoms with van der Waals surface area (Å²) in [5.74, 6) is 0.943. The molecule has 1 heteroatoms. The van der Waals surface area contributed by atoms with E-state index < -0.39 is 0 Å². The van der Waals surface area contributed by atoms with Crippen molar-refractivity contribution in [2.75, 3.05) is 0 Å². The van der Waals surface area contributed by atoms with Crippen LogP contribution in [0.5, 0.6) is 0 Å². The summed E-state index contributed by atoms with van der Waals surface area (Å²) in [6.45, 7) is 21.2. The molecule has 0 saturated carbocycles. The van der Waals surface area contributed by atoms with Crippen LogP contribution < -0.4 is 0 Å². The lowest BCUT2D eigenvalue weighted by molar-refractivity contribution is 0.126. The standard InChI is InChI=1S/C16H20O.2C2H6/c1-5-9-13(7-3)16-12-11-14(10-6-2)15(8-4)17-16;2*1-2/h5-10,16H,1-3,11-12H2,4H3;2*1-2H3/b13-9+,14-10-,15-8+;;. The number of allylic oxidation sites excluding steroid dienone is 6. The van der Waals surface area contributed by atoms with Gasteiger partial charge < -0.3 is 4.74 Å². The zero-order chi connectivity index (χ0) is 16.7. The fourth-order valence-electron chi connectivity index (χ4n) is 1.94. The van der Waals surface area contributed by atoms with E-state index in [4.69, 9.17) is 4.74 Å². The third kappa shape index (κ3) is 7.55. The highest BCUT2D eigenvalue weighted by atomic mass is 16.5. The SMILES string of the molecule is C=C/C=C1/CCC(/C(C=C)=C/C=C)O/C1=C/C.CC.CC. The third-order valence-corrected chi connectivity index (χ3v) is 2.76. The first-order valence-electron chi connectivity index (χ1n) is 7.86. The minimum Gasteiger partial charge on any atom is -0.486 e. The van der Waals surface area contributed by atoms with Crippen molar-refractivity contribution in [3.8, 4) is 0 Å². The van der Waals surface area contributed by atoms with Crippen LogP contribution in [0.3, 0.4) is 0 Å². The van der Waals surface area contributed by atoms with Gasteiger partial charge in [-0.3, -0.25) is 0 Å². The summed E-state index contributed by atoms with van der Waals surface area (Å²) in [5.41, 5.74) is 2.29. The molecule has 1 atom stereocenters. The van der Waals surface area contributed by atoms with Gasteiger partial charge in [-0.15, -0.1) is 0 Å². The van der Waals surface area contributed by atoms with Gasteiger partial charge in [-0.1, -0.05) is 77.8 Å². The van der Waals surface area contributed by atoms with Crippen LogP contribution in [0.25, 0.3) is 0 Å². The molecule has 0 aromatic heterocycles. The van der Waals surface area contributed by atoms with Gasteiger partial charge in [0.05, 0.1) is 0 Å². The predicted molar refractivity (Wildman–Crippen MR) is 97.3 cm³/mol. The van der Waals surface area contributed by atoms with Crippen molar-refractivity contribution in [3.63, 3.8) is 0 Å². The first kappa shape index (κ1) is 21.5. The van der Waals surface area contributed by atoms with Crippen LogP contribution in [-0.2, 0) is 4.74 Å². The van der Waals surface area contributed by atoms with E-state index in [-0.39, 0.29) is 6.10 Å². The van der Waals surface area contributed by atoms with Crippen LogP contribution in [0.4, 0.5) is 0 Å². The van der Waals surface area contributed by atoms with Crippen LogP contribution in [0.1, 0.15) is 47.5 Å². The molecule has 1 fully saturated rings. The highest BCUT2D eigenvalue weighted by Crippen LogP contribution is 2.31. The number of hydrogen-bond acceptors (Lipinski definition) is 1. The third-order valence-electron chi connectivity index (χ3n) is 2.76. The van der Waals surface area contributed by atoms with Crippen molar-refractivity contribution >= 4 is 0 Å². The van der Waals surface area contributed by atoms with E-state index in [1.165, 1.54) is 5.57 Å². The van der Waals surface area contributed by atoms with Crippen molar-refractivity contribution in [3.05, 3.63) is 73.1 Å². The van der Waals surface area contributed by atoms with Gasteiger partial charge in [-0.05, 0) is 37.0 Å². The molecule has 118 valence electrons. The lowest BCUT2D eigenvalue weighted by Crippen LogP contribution is -2.20. The lowest BCUT2D eigenvalue weighted by Gasteiger charge is -2.28. The quantitative estimate of drug-likeness (QED) is 0.534. The van der Waals surface area contributed by atoms with Crippen molar-refractivity contribution in [1.29, 1.82) is 0 Å². The molecular weight excluding hydrogens is 256 g/mol. The molecule has 1 saturated heterocycles. The topological polar surface area (TPSA) is 9.23 Å². The molecule has 1 aliphatic heterocycles. The van der Waals surface area contributed by atoms with E-state index in [1.54, 1.807) is 12.2 Å². The van der Waals surface area contributed by atoms with Gasteiger partial charge in [0.1, 0.15) is 11.9 Å². The van der Waals surface area contributed by atoms with E-state index in [2.05, 4.69) is 19.7 Å². The fraction of sp³-hybridized carbons (Fsp3) is 0.400. The Labute approximate surface area is 132 Å². The monoisotopic (exact) mass is 288 g/mol. The Hall–Kier alpha value is -1.76.